The molecule has 8 heteroatoms. The van der Waals surface area contributed by atoms with E-state index in [1.165, 1.54) is 0 Å². The van der Waals surface area contributed by atoms with Crippen LogP contribution in [0.15, 0.2) is 4.52 Å². The molecule has 2 heterocycles. The minimum atomic E-state index is -3.08. The van der Waals surface area contributed by atoms with Gasteiger partial charge in [-0.3, -0.25) is 4.90 Å². The lowest BCUT2D eigenvalue weighted by Crippen LogP contribution is -2.48. The Hall–Kier alpha value is -0.990. The molecule has 0 atom stereocenters. The van der Waals surface area contributed by atoms with Crippen molar-refractivity contribution < 1.29 is 12.9 Å². The maximum atomic E-state index is 12.1. The summed E-state index contributed by atoms with van der Waals surface area (Å²) >= 11 is 0. The number of unbranched alkanes of at least 4 members (excludes halogenated alkanes) is 1. The van der Waals surface area contributed by atoms with Crippen LogP contribution in [0.1, 0.15) is 31.5 Å². The number of aryl methyl sites for hydroxylation is 1. The maximum absolute atomic E-state index is 12.1. The van der Waals surface area contributed by atoms with Gasteiger partial charge in [-0.25, -0.2) is 8.42 Å². The average Bonchev–Trinajstić information content (AvgIpc) is 2.82. The summed E-state index contributed by atoms with van der Waals surface area (Å²) in [5.41, 5.74) is 0. The van der Waals surface area contributed by atoms with Crippen molar-refractivity contribution in [1.82, 2.24) is 19.3 Å². The molecule has 0 spiro atoms. The van der Waals surface area contributed by atoms with E-state index in [0.29, 0.717) is 44.4 Å². The molecule has 0 amide bonds. The van der Waals surface area contributed by atoms with E-state index in [2.05, 4.69) is 15.0 Å². The zero-order chi connectivity index (χ0) is 14.6. The van der Waals surface area contributed by atoms with Crippen LogP contribution in [0.2, 0.25) is 0 Å². The van der Waals surface area contributed by atoms with Gasteiger partial charge in [0, 0.05) is 33.1 Å². The van der Waals surface area contributed by atoms with Gasteiger partial charge in [0.05, 0.1) is 12.3 Å². The molecule has 1 aliphatic heterocycles. The van der Waals surface area contributed by atoms with Gasteiger partial charge < -0.3 is 4.52 Å². The molecule has 7 nitrogen and oxygen atoms in total. The van der Waals surface area contributed by atoms with E-state index < -0.39 is 10.0 Å². The highest BCUT2D eigenvalue weighted by Crippen LogP contribution is 2.11. The zero-order valence-corrected chi connectivity index (χ0v) is 12.9. The van der Waals surface area contributed by atoms with Crippen molar-refractivity contribution in [3.05, 3.63) is 11.7 Å². The second kappa shape index (κ2) is 6.64. The molecule has 0 aromatic carbocycles. The molecule has 1 aromatic heterocycles. The van der Waals surface area contributed by atoms with Crippen LogP contribution in [0.3, 0.4) is 0 Å². The number of aromatic nitrogens is 2. The van der Waals surface area contributed by atoms with E-state index in [-0.39, 0.29) is 5.75 Å². The molecule has 0 aliphatic carbocycles. The van der Waals surface area contributed by atoms with Crippen molar-refractivity contribution >= 4 is 10.0 Å². The summed E-state index contributed by atoms with van der Waals surface area (Å²) in [6.07, 6.45) is 1.63. The Morgan fingerprint density at radius 1 is 1.25 bits per heavy atom. The number of piperazine rings is 1. The third-order valence-corrected chi connectivity index (χ3v) is 5.37. The summed E-state index contributed by atoms with van der Waals surface area (Å²) < 4.78 is 30.7. The Morgan fingerprint density at radius 2 is 1.95 bits per heavy atom. The standard InChI is InChI=1S/C12H22N4O3S/c1-3-4-9-20(17,18)16-7-5-15(6-8-16)10-12-13-11(2)19-14-12/h3-10H2,1-2H3. The first-order valence-corrected chi connectivity index (χ1v) is 8.61. The summed E-state index contributed by atoms with van der Waals surface area (Å²) in [6, 6.07) is 0. The lowest BCUT2D eigenvalue weighted by Gasteiger charge is -2.33. The number of hydrogen-bond acceptors (Lipinski definition) is 6. The molecule has 1 aromatic rings. The van der Waals surface area contributed by atoms with Crippen LogP contribution in [0.5, 0.6) is 0 Å². The SMILES string of the molecule is CCCCS(=O)(=O)N1CCN(Cc2noc(C)n2)CC1. The average molecular weight is 302 g/mol. The van der Waals surface area contributed by atoms with Gasteiger partial charge in [0.2, 0.25) is 15.9 Å². The summed E-state index contributed by atoms with van der Waals surface area (Å²) in [5.74, 6) is 1.47. The van der Waals surface area contributed by atoms with Crippen LogP contribution in [-0.2, 0) is 16.6 Å². The summed E-state index contributed by atoms with van der Waals surface area (Å²) in [7, 11) is -3.08. The molecule has 1 saturated heterocycles. The van der Waals surface area contributed by atoms with Crippen molar-refractivity contribution in [2.75, 3.05) is 31.9 Å². The molecular formula is C12H22N4O3S. The summed E-state index contributed by atoms with van der Waals surface area (Å²) in [4.78, 5) is 6.31. The molecule has 20 heavy (non-hydrogen) atoms. The first-order valence-electron chi connectivity index (χ1n) is 7.00. The number of hydrogen-bond donors (Lipinski definition) is 0. The van der Waals surface area contributed by atoms with Crippen LogP contribution in [-0.4, -0.2) is 59.7 Å². The molecule has 1 fully saturated rings. The molecule has 114 valence electrons. The van der Waals surface area contributed by atoms with Crippen LogP contribution < -0.4 is 0 Å². The molecule has 2 rings (SSSR count). The Labute approximate surface area is 120 Å². The minimum absolute atomic E-state index is 0.257. The molecule has 0 saturated carbocycles. The zero-order valence-electron chi connectivity index (χ0n) is 12.1. The number of rotatable bonds is 6. The minimum Gasteiger partial charge on any atom is -0.340 e. The Balaban J connectivity index is 1.83. The van der Waals surface area contributed by atoms with Crippen LogP contribution >= 0.6 is 0 Å². The fourth-order valence-corrected chi connectivity index (χ4v) is 3.86. The van der Waals surface area contributed by atoms with Gasteiger partial charge in [-0.05, 0) is 6.42 Å². The fourth-order valence-electron chi connectivity index (χ4n) is 2.23. The van der Waals surface area contributed by atoms with E-state index in [4.69, 9.17) is 4.52 Å². The van der Waals surface area contributed by atoms with Crippen molar-refractivity contribution in [3.63, 3.8) is 0 Å². The summed E-state index contributed by atoms with van der Waals surface area (Å²) in [6.45, 7) is 6.87. The molecule has 1 aliphatic rings. The molecular weight excluding hydrogens is 280 g/mol. The second-order valence-corrected chi connectivity index (χ2v) is 7.16. The van der Waals surface area contributed by atoms with Gasteiger partial charge in [-0.2, -0.15) is 9.29 Å². The highest BCUT2D eigenvalue weighted by Gasteiger charge is 2.26. The molecule has 0 bridgehead atoms. The predicted octanol–water partition coefficient (Wildman–Crippen LogP) is 0.626. The van der Waals surface area contributed by atoms with Crippen molar-refractivity contribution in [3.8, 4) is 0 Å². The highest BCUT2D eigenvalue weighted by atomic mass is 32.2. The highest BCUT2D eigenvalue weighted by molar-refractivity contribution is 7.89. The van der Waals surface area contributed by atoms with E-state index in [0.717, 1.165) is 12.8 Å². The van der Waals surface area contributed by atoms with Gasteiger partial charge in [0.15, 0.2) is 5.82 Å². The van der Waals surface area contributed by atoms with Crippen molar-refractivity contribution in [2.24, 2.45) is 0 Å². The van der Waals surface area contributed by atoms with Gasteiger partial charge in [-0.1, -0.05) is 18.5 Å². The van der Waals surface area contributed by atoms with Crippen LogP contribution in [0.4, 0.5) is 0 Å². The third kappa shape index (κ3) is 4.00. The maximum Gasteiger partial charge on any atom is 0.223 e. The second-order valence-electron chi connectivity index (χ2n) is 5.07. The largest absolute Gasteiger partial charge is 0.340 e. The monoisotopic (exact) mass is 302 g/mol. The fraction of sp³-hybridized carbons (Fsp3) is 0.833. The van der Waals surface area contributed by atoms with Crippen LogP contribution in [0.25, 0.3) is 0 Å². The normalized spacial score (nSPS) is 18.5. The molecule has 0 radical (unpaired) electrons. The topological polar surface area (TPSA) is 79.5 Å². The van der Waals surface area contributed by atoms with Gasteiger partial charge in [0.1, 0.15) is 0 Å². The molecule has 0 N–H and O–H groups in total. The lowest BCUT2D eigenvalue weighted by molar-refractivity contribution is 0.176. The molecule has 0 unspecified atom stereocenters. The Bertz CT molecular complexity index is 521. The lowest BCUT2D eigenvalue weighted by atomic mass is 10.3. The van der Waals surface area contributed by atoms with Gasteiger partial charge in [-0.15, -0.1) is 0 Å². The Morgan fingerprint density at radius 3 is 2.50 bits per heavy atom. The summed E-state index contributed by atoms with van der Waals surface area (Å²) in [5, 5.41) is 3.86. The Kier molecular flexibility index (Phi) is 5.11. The number of nitrogens with zero attached hydrogens (tertiary/aromatic N) is 4. The third-order valence-electron chi connectivity index (χ3n) is 3.42. The van der Waals surface area contributed by atoms with Crippen LogP contribution in [0, 0.1) is 6.92 Å². The first kappa shape index (κ1) is 15.4. The smallest absolute Gasteiger partial charge is 0.223 e. The quantitative estimate of drug-likeness (QED) is 0.766. The van der Waals surface area contributed by atoms with E-state index in [1.54, 1.807) is 11.2 Å². The van der Waals surface area contributed by atoms with Gasteiger partial charge in [0.25, 0.3) is 0 Å². The van der Waals surface area contributed by atoms with E-state index in [1.807, 2.05) is 6.92 Å². The van der Waals surface area contributed by atoms with E-state index in [9.17, 15) is 8.42 Å². The van der Waals surface area contributed by atoms with E-state index >= 15 is 0 Å². The predicted molar refractivity (Wildman–Crippen MR) is 74.6 cm³/mol. The van der Waals surface area contributed by atoms with Gasteiger partial charge >= 0.3 is 0 Å². The van der Waals surface area contributed by atoms with Crippen molar-refractivity contribution in [2.45, 2.75) is 33.2 Å². The first-order chi connectivity index (χ1) is 9.51. The number of sulfonamides is 1. The van der Waals surface area contributed by atoms with Crippen molar-refractivity contribution in [1.29, 1.82) is 0 Å².